The molecule has 0 saturated heterocycles. The highest BCUT2D eigenvalue weighted by Crippen LogP contribution is 2.12. The van der Waals surface area contributed by atoms with Crippen molar-refractivity contribution in [3.8, 4) is 0 Å². The van der Waals surface area contributed by atoms with Crippen LogP contribution in [0.1, 0.15) is 57.8 Å². The van der Waals surface area contributed by atoms with Gasteiger partial charge in [0.05, 0.1) is 13.1 Å². The lowest BCUT2D eigenvalue weighted by Gasteiger charge is -2.03. The van der Waals surface area contributed by atoms with E-state index in [1.807, 2.05) is 0 Å². The minimum absolute atomic E-state index is 0.796. The van der Waals surface area contributed by atoms with Crippen molar-refractivity contribution in [2.75, 3.05) is 26.3 Å². The first-order valence-electron chi connectivity index (χ1n) is 7.77. The zero-order valence-corrected chi connectivity index (χ0v) is 11.9. The lowest BCUT2D eigenvalue weighted by molar-refractivity contribution is 0.336. The molecule has 0 spiro atoms. The Morgan fingerprint density at radius 3 is 1.42 bits per heavy atom. The molecule has 4 nitrogen and oxygen atoms in total. The maximum atomic E-state index is 5.39. The highest BCUT2D eigenvalue weighted by Gasteiger charge is 2.07. The van der Waals surface area contributed by atoms with Gasteiger partial charge in [0.2, 0.25) is 0 Å². The van der Waals surface area contributed by atoms with Gasteiger partial charge in [-0.3, -0.25) is 9.98 Å². The normalized spacial score (nSPS) is 17.9. The smallest absolute Gasteiger partial charge is 0.183 e. The number of ether oxygens (including phenoxy) is 2. The number of hydrogen-bond donors (Lipinski definition) is 0. The molecule has 0 fully saturated rings. The van der Waals surface area contributed by atoms with Crippen LogP contribution in [0.5, 0.6) is 0 Å². The molecule has 2 aliphatic rings. The molecule has 0 aliphatic carbocycles. The largest absolute Gasteiger partial charge is 0.479 e. The van der Waals surface area contributed by atoms with Crippen LogP contribution in [0.15, 0.2) is 9.98 Å². The summed E-state index contributed by atoms with van der Waals surface area (Å²) in [5.74, 6) is 1.97. The molecular formula is C15H26N2O2. The number of aliphatic imine (C=N–C) groups is 2. The van der Waals surface area contributed by atoms with Gasteiger partial charge in [0.25, 0.3) is 0 Å². The monoisotopic (exact) mass is 266 g/mol. The first-order chi connectivity index (χ1) is 9.45. The van der Waals surface area contributed by atoms with Gasteiger partial charge in [-0.2, -0.15) is 0 Å². The van der Waals surface area contributed by atoms with Crippen LogP contribution in [-0.2, 0) is 9.47 Å². The van der Waals surface area contributed by atoms with Gasteiger partial charge in [0, 0.05) is 12.8 Å². The van der Waals surface area contributed by atoms with Crippen molar-refractivity contribution >= 4 is 11.8 Å². The Morgan fingerprint density at radius 1 is 0.632 bits per heavy atom. The molecular weight excluding hydrogens is 240 g/mol. The average Bonchev–Trinajstić information content (AvgIpc) is 3.10. The molecule has 0 aromatic rings. The van der Waals surface area contributed by atoms with Gasteiger partial charge in [-0.25, -0.2) is 0 Å². The minimum atomic E-state index is 0.796. The number of hydrogen-bond acceptors (Lipinski definition) is 4. The lowest BCUT2D eigenvalue weighted by Crippen LogP contribution is -1.98. The van der Waals surface area contributed by atoms with E-state index in [1.54, 1.807) is 0 Å². The predicted molar refractivity (Wildman–Crippen MR) is 78.1 cm³/mol. The molecule has 2 aliphatic heterocycles. The molecule has 0 bridgehead atoms. The van der Waals surface area contributed by atoms with Crippen LogP contribution in [0, 0.1) is 0 Å². The Bertz CT molecular complexity index is 283. The maximum Gasteiger partial charge on any atom is 0.183 e. The van der Waals surface area contributed by atoms with Crippen LogP contribution in [0.4, 0.5) is 0 Å². The molecule has 2 rings (SSSR count). The summed E-state index contributed by atoms with van der Waals surface area (Å²) in [6.07, 6.45) is 11.2. The van der Waals surface area contributed by atoms with E-state index in [4.69, 9.17) is 9.47 Å². The fourth-order valence-electron chi connectivity index (χ4n) is 2.50. The molecule has 0 aromatic heterocycles. The predicted octanol–water partition coefficient (Wildman–Crippen LogP) is 3.35. The second-order valence-corrected chi connectivity index (χ2v) is 5.22. The van der Waals surface area contributed by atoms with Crippen molar-refractivity contribution in [2.24, 2.45) is 9.98 Å². The third kappa shape index (κ3) is 6.08. The first-order valence-corrected chi connectivity index (χ1v) is 7.77. The molecule has 108 valence electrons. The molecule has 0 unspecified atom stereocenters. The Hall–Kier alpha value is -1.06. The fraction of sp³-hybridized carbons (Fsp3) is 0.867. The van der Waals surface area contributed by atoms with Gasteiger partial charge < -0.3 is 9.47 Å². The van der Waals surface area contributed by atoms with Crippen molar-refractivity contribution in [3.63, 3.8) is 0 Å². The Labute approximate surface area is 116 Å². The summed E-state index contributed by atoms with van der Waals surface area (Å²) < 4.78 is 10.8. The lowest BCUT2D eigenvalue weighted by atomic mass is 10.1. The van der Waals surface area contributed by atoms with E-state index in [-0.39, 0.29) is 0 Å². The summed E-state index contributed by atoms with van der Waals surface area (Å²) in [4.78, 5) is 8.61. The minimum Gasteiger partial charge on any atom is -0.479 e. The van der Waals surface area contributed by atoms with Crippen molar-refractivity contribution in [1.82, 2.24) is 0 Å². The molecule has 4 heteroatoms. The van der Waals surface area contributed by atoms with E-state index < -0.39 is 0 Å². The molecule has 2 heterocycles. The van der Waals surface area contributed by atoms with Gasteiger partial charge in [0.1, 0.15) is 13.2 Å². The second kappa shape index (κ2) is 8.94. The highest BCUT2D eigenvalue weighted by molar-refractivity contribution is 5.77. The second-order valence-electron chi connectivity index (χ2n) is 5.22. The van der Waals surface area contributed by atoms with Crippen molar-refractivity contribution < 1.29 is 9.47 Å². The Kier molecular flexibility index (Phi) is 6.75. The van der Waals surface area contributed by atoms with E-state index >= 15 is 0 Å². The zero-order valence-electron chi connectivity index (χ0n) is 11.9. The maximum absolute atomic E-state index is 5.39. The molecule has 0 radical (unpaired) electrons. The van der Waals surface area contributed by atoms with Crippen molar-refractivity contribution in [1.29, 1.82) is 0 Å². The fourth-order valence-corrected chi connectivity index (χ4v) is 2.50. The van der Waals surface area contributed by atoms with Crippen LogP contribution in [-0.4, -0.2) is 38.1 Å². The van der Waals surface area contributed by atoms with Gasteiger partial charge in [-0.05, 0) is 12.8 Å². The molecule has 0 amide bonds. The van der Waals surface area contributed by atoms with E-state index in [0.29, 0.717) is 0 Å². The topological polar surface area (TPSA) is 43.2 Å². The van der Waals surface area contributed by atoms with Crippen LogP contribution in [0.3, 0.4) is 0 Å². The molecule has 0 aromatic carbocycles. The zero-order chi connectivity index (χ0) is 13.2. The van der Waals surface area contributed by atoms with Gasteiger partial charge in [0.15, 0.2) is 11.8 Å². The number of unbranched alkanes of at least 4 members (excludes halogenated alkanes) is 6. The standard InChI is InChI=1S/C15H26N2O2/c1(2-4-6-8-14-16-10-12-18-14)3-5-7-9-15-17-11-13-19-15/h1-13H2. The third-order valence-corrected chi connectivity index (χ3v) is 3.58. The van der Waals surface area contributed by atoms with Crippen molar-refractivity contribution in [2.45, 2.75) is 57.8 Å². The highest BCUT2D eigenvalue weighted by atomic mass is 16.5. The van der Waals surface area contributed by atoms with E-state index in [2.05, 4.69) is 9.98 Å². The van der Waals surface area contributed by atoms with Crippen LogP contribution >= 0.6 is 0 Å². The van der Waals surface area contributed by atoms with Crippen LogP contribution in [0.25, 0.3) is 0 Å². The van der Waals surface area contributed by atoms with E-state index in [9.17, 15) is 0 Å². The number of rotatable bonds is 10. The molecule has 19 heavy (non-hydrogen) atoms. The Balaban J connectivity index is 1.32. The first kappa shape index (κ1) is 14.4. The summed E-state index contributed by atoms with van der Waals surface area (Å²) in [6.45, 7) is 3.32. The average molecular weight is 266 g/mol. The van der Waals surface area contributed by atoms with Crippen LogP contribution in [0.2, 0.25) is 0 Å². The third-order valence-electron chi connectivity index (χ3n) is 3.58. The summed E-state index contributed by atoms with van der Waals surface area (Å²) >= 11 is 0. The van der Waals surface area contributed by atoms with Crippen molar-refractivity contribution in [3.05, 3.63) is 0 Å². The SMILES string of the molecule is C(CCCCC1=NCCO1)CCCCC1=NCCO1. The summed E-state index contributed by atoms with van der Waals surface area (Å²) in [6, 6.07) is 0. The molecule has 0 atom stereocenters. The van der Waals surface area contributed by atoms with E-state index in [1.165, 1.54) is 44.9 Å². The Morgan fingerprint density at radius 2 is 1.05 bits per heavy atom. The molecule has 0 saturated carbocycles. The van der Waals surface area contributed by atoms with Gasteiger partial charge >= 0.3 is 0 Å². The number of nitrogens with zero attached hydrogens (tertiary/aromatic N) is 2. The van der Waals surface area contributed by atoms with Gasteiger partial charge in [-0.1, -0.05) is 32.1 Å². The van der Waals surface area contributed by atoms with E-state index in [0.717, 1.165) is 50.9 Å². The summed E-state index contributed by atoms with van der Waals surface area (Å²) in [5, 5.41) is 0. The summed E-state index contributed by atoms with van der Waals surface area (Å²) in [7, 11) is 0. The summed E-state index contributed by atoms with van der Waals surface area (Å²) in [5.41, 5.74) is 0. The van der Waals surface area contributed by atoms with Gasteiger partial charge in [-0.15, -0.1) is 0 Å². The van der Waals surface area contributed by atoms with Crippen LogP contribution < -0.4 is 0 Å². The quantitative estimate of drug-likeness (QED) is 0.569. The molecule has 0 N–H and O–H groups in total.